The van der Waals surface area contributed by atoms with Gasteiger partial charge in [0.25, 0.3) is 0 Å². The molecule has 3 aromatic rings. The number of hydrogen-bond acceptors (Lipinski definition) is 7. The van der Waals surface area contributed by atoms with Gasteiger partial charge in [-0.1, -0.05) is 30.0 Å². The van der Waals surface area contributed by atoms with Crippen LogP contribution in [0, 0.1) is 11.3 Å². The van der Waals surface area contributed by atoms with Gasteiger partial charge in [0, 0.05) is 0 Å². The highest BCUT2D eigenvalue weighted by molar-refractivity contribution is 8.00. The van der Waals surface area contributed by atoms with Crippen LogP contribution >= 0.6 is 23.1 Å². The zero-order chi connectivity index (χ0) is 23.3. The van der Waals surface area contributed by atoms with Gasteiger partial charge in [0.15, 0.2) is 0 Å². The number of rotatable bonds is 6. The molecule has 0 unspecified atom stereocenters. The lowest BCUT2D eigenvalue weighted by Gasteiger charge is -2.14. The molecule has 0 aliphatic heterocycles. The van der Waals surface area contributed by atoms with Crippen LogP contribution in [0.4, 0.5) is 18.9 Å². The second kappa shape index (κ2) is 9.84. The van der Waals surface area contributed by atoms with Gasteiger partial charge in [-0.3, -0.25) is 4.79 Å². The van der Waals surface area contributed by atoms with Crippen molar-refractivity contribution in [3.8, 4) is 16.6 Å². The minimum absolute atomic E-state index is 0.0604. The van der Waals surface area contributed by atoms with Gasteiger partial charge >= 0.3 is 12.1 Å². The Hall–Kier alpha value is -3.36. The summed E-state index contributed by atoms with van der Waals surface area (Å²) in [6, 6.07) is 11.8. The number of pyridine rings is 1. The van der Waals surface area contributed by atoms with Crippen LogP contribution in [-0.4, -0.2) is 29.7 Å². The Morgan fingerprint density at radius 3 is 2.62 bits per heavy atom. The average Bonchev–Trinajstić information content (AvgIpc) is 3.31. The molecule has 32 heavy (non-hydrogen) atoms. The highest BCUT2D eigenvalue weighted by atomic mass is 32.2. The lowest BCUT2D eigenvalue weighted by Crippen LogP contribution is -2.17. The van der Waals surface area contributed by atoms with Gasteiger partial charge in [-0.05, 0) is 29.6 Å². The minimum atomic E-state index is -4.77. The highest BCUT2D eigenvalue weighted by Crippen LogP contribution is 2.38. The fourth-order valence-electron chi connectivity index (χ4n) is 2.71. The van der Waals surface area contributed by atoms with Crippen LogP contribution in [-0.2, 0) is 15.7 Å². The predicted molar refractivity (Wildman–Crippen MR) is 114 cm³/mol. The number of para-hydroxylation sites is 1. The molecule has 0 fully saturated rings. The molecular weight excluding hydrogens is 463 g/mol. The summed E-state index contributed by atoms with van der Waals surface area (Å²) in [5, 5.41) is 13.4. The number of carbonyl (C=O) groups excluding carboxylic acids is 2. The summed E-state index contributed by atoms with van der Waals surface area (Å²) in [6.45, 7) is 0. The van der Waals surface area contributed by atoms with Crippen molar-refractivity contribution in [3.63, 3.8) is 0 Å². The molecule has 164 valence electrons. The smallest absolute Gasteiger partial charge is 0.417 e. The molecular formula is C21H14F3N3O3S2. The molecule has 0 aliphatic carbocycles. The second-order valence-electron chi connectivity index (χ2n) is 6.20. The molecule has 0 saturated carbocycles. The summed E-state index contributed by atoms with van der Waals surface area (Å²) in [5.41, 5.74) is -1.38. The number of nitriles is 1. The third-order valence-corrected chi connectivity index (χ3v) is 5.99. The second-order valence-corrected chi connectivity index (χ2v) is 8.11. The quantitative estimate of drug-likeness (QED) is 0.387. The van der Waals surface area contributed by atoms with Crippen LogP contribution in [0.15, 0.2) is 52.9 Å². The highest BCUT2D eigenvalue weighted by Gasteiger charge is 2.36. The number of halogens is 3. The molecule has 2 aromatic heterocycles. The van der Waals surface area contributed by atoms with Crippen molar-refractivity contribution in [1.29, 1.82) is 5.26 Å². The predicted octanol–water partition coefficient (Wildman–Crippen LogP) is 5.22. The first-order chi connectivity index (χ1) is 15.2. The summed E-state index contributed by atoms with van der Waals surface area (Å²) in [6.07, 6.45) is -4.77. The number of aromatic nitrogens is 1. The Morgan fingerprint density at radius 1 is 1.25 bits per heavy atom. The normalized spacial score (nSPS) is 11.0. The number of methoxy groups -OCH3 is 1. The number of amides is 1. The Balaban J connectivity index is 1.88. The van der Waals surface area contributed by atoms with Crippen molar-refractivity contribution in [2.24, 2.45) is 0 Å². The van der Waals surface area contributed by atoms with Crippen LogP contribution in [0.3, 0.4) is 0 Å². The Labute approximate surface area is 189 Å². The van der Waals surface area contributed by atoms with Crippen LogP contribution in [0.2, 0.25) is 0 Å². The van der Waals surface area contributed by atoms with Crippen molar-refractivity contribution in [2.45, 2.75) is 11.2 Å². The average molecular weight is 477 g/mol. The van der Waals surface area contributed by atoms with Gasteiger partial charge in [0.2, 0.25) is 5.91 Å². The summed E-state index contributed by atoms with van der Waals surface area (Å²) < 4.78 is 45.4. The van der Waals surface area contributed by atoms with Crippen LogP contribution in [0.5, 0.6) is 0 Å². The molecule has 1 amide bonds. The molecule has 1 N–H and O–H groups in total. The zero-order valence-corrected chi connectivity index (χ0v) is 18.0. The first-order valence-corrected chi connectivity index (χ1v) is 10.8. The number of benzene rings is 1. The molecule has 6 nitrogen and oxygen atoms in total. The van der Waals surface area contributed by atoms with Crippen molar-refractivity contribution < 1.29 is 27.5 Å². The summed E-state index contributed by atoms with van der Waals surface area (Å²) >= 11 is 1.91. The maximum atomic E-state index is 13.6. The van der Waals surface area contributed by atoms with E-state index in [4.69, 9.17) is 0 Å². The number of alkyl halides is 3. The zero-order valence-electron chi connectivity index (χ0n) is 16.4. The topological polar surface area (TPSA) is 92.1 Å². The minimum Gasteiger partial charge on any atom is -0.465 e. The number of esters is 1. The van der Waals surface area contributed by atoms with Crippen molar-refractivity contribution in [3.05, 3.63) is 64.5 Å². The number of thioether (sulfide) groups is 1. The fourth-order valence-corrected chi connectivity index (χ4v) is 4.20. The summed E-state index contributed by atoms with van der Waals surface area (Å²) in [7, 11) is 1.20. The third-order valence-electron chi connectivity index (χ3n) is 4.12. The largest absolute Gasteiger partial charge is 0.465 e. The van der Waals surface area contributed by atoms with Crippen molar-refractivity contribution >= 4 is 40.7 Å². The maximum absolute atomic E-state index is 13.6. The van der Waals surface area contributed by atoms with Crippen LogP contribution in [0.1, 0.15) is 21.5 Å². The molecule has 0 atom stereocenters. The number of nitrogens with zero attached hydrogens (tertiary/aromatic N) is 2. The lowest BCUT2D eigenvalue weighted by molar-refractivity contribution is -0.138. The van der Waals surface area contributed by atoms with E-state index in [1.54, 1.807) is 35.7 Å². The van der Waals surface area contributed by atoms with E-state index in [0.717, 1.165) is 6.07 Å². The molecule has 1 aromatic carbocycles. The Bertz CT molecular complexity index is 1190. The molecule has 0 radical (unpaired) electrons. The lowest BCUT2D eigenvalue weighted by atomic mass is 10.1. The molecule has 11 heteroatoms. The molecule has 0 bridgehead atoms. The first kappa shape index (κ1) is 23.3. The maximum Gasteiger partial charge on any atom is 0.417 e. The molecule has 0 saturated heterocycles. The van der Waals surface area contributed by atoms with E-state index < -0.39 is 29.2 Å². The van der Waals surface area contributed by atoms with Gasteiger partial charge in [-0.25, -0.2) is 9.78 Å². The van der Waals surface area contributed by atoms with E-state index >= 15 is 0 Å². The summed E-state index contributed by atoms with van der Waals surface area (Å²) in [5.74, 6) is -1.57. The number of hydrogen-bond donors (Lipinski definition) is 1. The van der Waals surface area contributed by atoms with Gasteiger partial charge in [0.1, 0.15) is 11.1 Å². The van der Waals surface area contributed by atoms with E-state index in [0.29, 0.717) is 16.6 Å². The van der Waals surface area contributed by atoms with E-state index in [9.17, 15) is 28.0 Å². The number of carbonyl (C=O) groups is 2. The monoisotopic (exact) mass is 477 g/mol. The first-order valence-electron chi connectivity index (χ1n) is 8.90. The number of anilines is 1. The number of nitrogens with one attached hydrogen (secondary N) is 1. The fraction of sp³-hybridized carbons (Fsp3) is 0.143. The van der Waals surface area contributed by atoms with E-state index in [1.165, 1.54) is 30.6 Å². The van der Waals surface area contributed by atoms with Crippen molar-refractivity contribution in [1.82, 2.24) is 4.98 Å². The van der Waals surface area contributed by atoms with E-state index in [1.807, 2.05) is 0 Å². The van der Waals surface area contributed by atoms with Gasteiger partial charge < -0.3 is 10.1 Å². The van der Waals surface area contributed by atoms with E-state index in [-0.39, 0.29) is 27.7 Å². The van der Waals surface area contributed by atoms with Crippen LogP contribution in [0.25, 0.3) is 10.6 Å². The van der Waals surface area contributed by atoms with Crippen molar-refractivity contribution in [2.75, 3.05) is 18.2 Å². The third kappa shape index (κ3) is 5.27. The number of thiophene rings is 1. The molecule has 0 aliphatic rings. The number of ether oxygens (including phenoxy) is 1. The molecule has 2 heterocycles. The van der Waals surface area contributed by atoms with Gasteiger partial charge in [-0.2, -0.15) is 18.4 Å². The van der Waals surface area contributed by atoms with Gasteiger partial charge in [-0.15, -0.1) is 11.3 Å². The molecule has 3 rings (SSSR count). The Morgan fingerprint density at radius 2 is 2.00 bits per heavy atom. The SMILES string of the molecule is COC(=O)c1ccccc1NC(=O)CSc1nc(-c2cccs2)cc(C(F)(F)F)c1C#N. The Kier molecular flexibility index (Phi) is 7.17. The summed E-state index contributed by atoms with van der Waals surface area (Å²) in [4.78, 5) is 29.0. The van der Waals surface area contributed by atoms with Crippen LogP contribution < -0.4 is 5.32 Å². The standard InChI is InChI=1S/C21H14F3N3O3S2/c1-30-20(29)12-5-2-3-6-15(12)26-18(28)11-32-19-13(10-25)14(21(22,23)24)9-16(27-19)17-7-4-8-31-17/h2-9H,11H2,1H3,(H,26,28). The molecule has 0 spiro atoms. The van der Waals surface area contributed by atoms with E-state index in [2.05, 4.69) is 15.0 Å². The van der Waals surface area contributed by atoms with Gasteiger partial charge in [0.05, 0.1) is 45.8 Å².